The van der Waals surface area contributed by atoms with E-state index >= 15 is 0 Å². The smallest absolute Gasteiger partial charge is 0.258 e. The summed E-state index contributed by atoms with van der Waals surface area (Å²) in [5.41, 5.74) is 1.28. The highest BCUT2D eigenvalue weighted by atomic mass is 35.5. The van der Waals surface area contributed by atoms with Gasteiger partial charge in [0.2, 0.25) is 0 Å². The van der Waals surface area contributed by atoms with Crippen molar-refractivity contribution in [3.63, 3.8) is 0 Å². The third-order valence-electron chi connectivity index (χ3n) is 3.77. The molecule has 0 amide bonds. The molecule has 1 atom stereocenters. The highest BCUT2D eigenvalue weighted by Crippen LogP contribution is 2.32. The fraction of sp³-hybridized carbons (Fsp3) is 0.571. The van der Waals surface area contributed by atoms with E-state index in [2.05, 4.69) is 0 Å². The third kappa shape index (κ3) is 3.45. The Kier molecular flexibility index (Phi) is 4.59. The second-order valence-electron chi connectivity index (χ2n) is 5.02. The Labute approximate surface area is 112 Å². The van der Waals surface area contributed by atoms with Crippen LogP contribution in [0.3, 0.4) is 0 Å². The summed E-state index contributed by atoms with van der Waals surface area (Å²) in [7, 11) is 0. The zero-order valence-corrected chi connectivity index (χ0v) is 11.1. The molecule has 0 radical (unpaired) electrons. The summed E-state index contributed by atoms with van der Waals surface area (Å²) in [4.78, 5) is 10.2. The minimum Gasteiger partial charge on any atom is -0.258 e. The van der Waals surface area contributed by atoms with Crippen molar-refractivity contribution in [2.24, 2.45) is 5.92 Å². The van der Waals surface area contributed by atoms with Crippen LogP contribution in [0.5, 0.6) is 0 Å². The van der Waals surface area contributed by atoms with Gasteiger partial charge in [-0.1, -0.05) is 25.0 Å². The van der Waals surface area contributed by atoms with Gasteiger partial charge >= 0.3 is 0 Å². The maximum Gasteiger partial charge on any atom is 0.269 e. The first-order chi connectivity index (χ1) is 8.66. The van der Waals surface area contributed by atoms with Gasteiger partial charge in [-0.15, -0.1) is 11.6 Å². The number of benzene rings is 1. The lowest BCUT2D eigenvalue weighted by Crippen LogP contribution is -2.12. The highest BCUT2D eigenvalue weighted by molar-refractivity contribution is 6.20. The van der Waals surface area contributed by atoms with E-state index in [0.29, 0.717) is 5.92 Å². The molecule has 1 fully saturated rings. The fourth-order valence-corrected chi connectivity index (χ4v) is 3.00. The Morgan fingerprint density at radius 2 is 1.89 bits per heavy atom. The molecule has 1 aromatic carbocycles. The quantitative estimate of drug-likeness (QED) is 0.453. The molecule has 18 heavy (non-hydrogen) atoms. The molecular weight excluding hydrogens is 250 g/mol. The predicted octanol–water partition coefficient (Wildman–Crippen LogP) is 4.33. The predicted molar refractivity (Wildman–Crippen MR) is 73.0 cm³/mol. The van der Waals surface area contributed by atoms with Gasteiger partial charge in [-0.3, -0.25) is 10.1 Å². The lowest BCUT2D eigenvalue weighted by atomic mass is 9.97. The van der Waals surface area contributed by atoms with E-state index in [-0.39, 0.29) is 16.0 Å². The van der Waals surface area contributed by atoms with Crippen LogP contribution >= 0.6 is 11.6 Å². The molecule has 0 saturated heterocycles. The molecule has 0 heterocycles. The second-order valence-corrected chi connectivity index (χ2v) is 5.58. The van der Waals surface area contributed by atoms with E-state index in [9.17, 15) is 10.1 Å². The summed E-state index contributed by atoms with van der Waals surface area (Å²) in [5, 5.41) is 10.8. The van der Waals surface area contributed by atoms with Crippen LogP contribution in [0.1, 0.15) is 37.7 Å². The molecule has 3 nitrogen and oxygen atoms in total. The molecule has 0 aromatic heterocycles. The Bertz CT molecular complexity index is 399. The number of aryl methyl sites for hydroxylation is 1. The van der Waals surface area contributed by atoms with Crippen LogP contribution in [-0.4, -0.2) is 10.3 Å². The van der Waals surface area contributed by atoms with Crippen LogP contribution in [0.2, 0.25) is 0 Å². The molecule has 2 rings (SSSR count). The average Bonchev–Trinajstić information content (AvgIpc) is 2.90. The van der Waals surface area contributed by atoms with E-state index < -0.39 is 0 Å². The first-order valence-corrected chi connectivity index (χ1v) is 6.98. The second kappa shape index (κ2) is 6.19. The molecule has 1 unspecified atom stereocenters. The summed E-state index contributed by atoms with van der Waals surface area (Å²) >= 11 is 6.41. The lowest BCUT2D eigenvalue weighted by molar-refractivity contribution is -0.384. The minimum atomic E-state index is -0.368. The molecule has 0 aliphatic heterocycles. The van der Waals surface area contributed by atoms with Gasteiger partial charge in [-0.25, -0.2) is 0 Å². The van der Waals surface area contributed by atoms with Crippen molar-refractivity contribution in [2.45, 2.75) is 43.9 Å². The highest BCUT2D eigenvalue weighted by Gasteiger charge is 2.22. The third-order valence-corrected chi connectivity index (χ3v) is 4.34. The number of nitro groups is 1. The molecule has 0 bridgehead atoms. The maximum absolute atomic E-state index is 10.5. The Hall–Kier alpha value is -1.09. The van der Waals surface area contributed by atoms with Gasteiger partial charge in [-0.2, -0.15) is 0 Å². The molecule has 0 N–H and O–H groups in total. The fourth-order valence-electron chi connectivity index (χ4n) is 2.64. The lowest BCUT2D eigenvalue weighted by Gasteiger charge is -2.16. The van der Waals surface area contributed by atoms with Crippen molar-refractivity contribution in [1.29, 1.82) is 0 Å². The van der Waals surface area contributed by atoms with E-state index in [1.54, 1.807) is 12.1 Å². The molecule has 4 heteroatoms. The molecule has 1 aliphatic rings. The number of alkyl halides is 1. The molecular formula is C14H18ClNO2. The van der Waals surface area contributed by atoms with Gasteiger partial charge in [0.25, 0.3) is 5.69 Å². The van der Waals surface area contributed by atoms with Crippen LogP contribution in [0, 0.1) is 16.0 Å². The van der Waals surface area contributed by atoms with E-state index in [0.717, 1.165) is 18.4 Å². The molecule has 98 valence electrons. The van der Waals surface area contributed by atoms with Crippen molar-refractivity contribution < 1.29 is 4.92 Å². The number of non-ortho nitro benzene ring substituents is 1. The zero-order valence-electron chi connectivity index (χ0n) is 10.3. The number of hydrogen-bond donors (Lipinski definition) is 0. The molecule has 0 spiro atoms. The summed E-state index contributed by atoms with van der Waals surface area (Å²) < 4.78 is 0. The van der Waals surface area contributed by atoms with E-state index in [1.807, 2.05) is 12.1 Å². The van der Waals surface area contributed by atoms with Crippen LogP contribution in [0.4, 0.5) is 5.69 Å². The van der Waals surface area contributed by atoms with E-state index in [4.69, 9.17) is 11.6 Å². The number of nitro benzene ring substituents is 1. The van der Waals surface area contributed by atoms with Gasteiger partial charge in [0.15, 0.2) is 0 Å². The van der Waals surface area contributed by atoms with Gasteiger partial charge in [0, 0.05) is 17.5 Å². The molecule has 1 saturated carbocycles. The summed E-state index contributed by atoms with van der Waals surface area (Å²) in [6.45, 7) is 0. The van der Waals surface area contributed by atoms with Crippen LogP contribution < -0.4 is 0 Å². The van der Waals surface area contributed by atoms with Crippen LogP contribution in [-0.2, 0) is 6.42 Å². The number of nitrogens with zero attached hydrogens (tertiary/aromatic N) is 1. The molecule has 1 aromatic rings. The standard InChI is InChI=1S/C14H18ClNO2/c15-14(12-3-1-2-4-12)10-7-11-5-8-13(9-6-11)16(17)18/h5-6,8-9,12,14H,1-4,7,10H2. The minimum absolute atomic E-state index is 0.150. The first kappa shape index (κ1) is 13.3. The number of hydrogen-bond acceptors (Lipinski definition) is 2. The van der Waals surface area contributed by atoms with Crippen LogP contribution in [0.15, 0.2) is 24.3 Å². The van der Waals surface area contributed by atoms with Gasteiger partial charge in [0.1, 0.15) is 0 Å². The van der Waals surface area contributed by atoms with Gasteiger partial charge in [-0.05, 0) is 37.2 Å². The largest absolute Gasteiger partial charge is 0.269 e. The Balaban J connectivity index is 1.84. The normalized spacial score (nSPS) is 17.8. The zero-order chi connectivity index (χ0) is 13.0. The Morgan fingerprint density at radius 3 is 2.44 bits per heavy atom. The van der Waals surface area contributed by atoms with Crippen molar-refractivity contribution in [2.75, 3.05) is 0 Å². The Morgan fingerprint density at radius 1 is 1.28 bits per heavy atom. The van der Waals surface area contributed by atoms with Crippen molar-refractivity contribution >= 4 is 17.3 Å². The van der Waals surface area contributed by atoms with Crippen molar-refractivity contribution in [3.05, 3.63) is 39.9 Å². The number of rotatable bonds is 5. The summed E-state index contributed by atoms with van der Waals surface area (Å²) in [5.74, 6) is 0.671. The maximum atomic E-state index is 10.5. The molecule has 1 aliphatic carbocycles. The monoisotopic (exact) mass is 267 g/mol. The first-order valence-electron chi connectivity index (χ1n) is 6.54. The van der Waals surface area contributed by atoms with Crippen molar-refractivity contribution in [1.82, 2.24) is 0 Å². The van der Waals surface area contributed by atoms with E-state index in [1.165, 1.54) is 25.7 Å². The summed E-state index contributed by atoms with van der Waals surface area (Å²) in [6, 6.07) is 6.79. The van der Waals surface area contributed by atoms with Gasteiger partial charge < -0.3 is 0 Å². The summed E-state index contributed by atoms with van der Waals surface area (Å²) in [6.07, 6.45) is 7.01. The van der Waals surface area contributed by atoms with Gasteiger partial charge in [0.05, 0.1) is 4.92 Å². The van der Waals surface area contributed by atoms with Crippen molar-refractivity contribution in [3.8, 4) is 0 Å². The topological polar surface area (TPSA) is 43.1 Å². The van der Waals surface area contributed by atoms with Crippen LogP contribution in [0.25, 0.3) is 0 Å². The SMILES string of the molecule is O=[N+]([O-])c1ccc(CCC(Cl)C2CCCC2)cc1. The average molecular weight is 268 g/mol. The number of halogens is 1.